The molecule has 3 rings (SSSR count). The molecule has 3 aromatic rings. The van der Waals surface area contributed by atoms with Crippen LogP contribution in [0.3, 0.4) is 0 Å². The van der Waals surface area contributed by atoms with Crippen molar-refractivity contribution in [3.8, 4) is 11.6 Å². The van der Waals surface area contributed by atoms with Gasteiger partial charge in [0, 0.05) is 6.07 Å². The number of nitrogens with zero attached hydrogens (tertiary/aromatic N) is 2. The van der Waals surface area contributed by atoms with Crippen molar-refractivity contribution in [3.05, 3.63) is 40.5 Å². The van der Waals surface area contributed by atoms with Crippen LogP contribution in [0.15, 0.2) is 29.9 Å². The summed E-state index contributed by atoms with van der Waals surface area (Å²) < 4.78 is 6.68. The Morgan fingerprint density at radius 1 is 1.32 bits per heavy atom. The van der Waals surface area contributed by atoms with E-state index in [1.54, 1.807) is 29.5 Å². The number of ether oxygens (including phenoxy) is 1. The Morgan fingerprint density at radius 3 is 2.95 bits per heavy atom. The van der Waals surface area contributed by atoms with Crippen LogP contribution >= 0.6 is 22.9 Å². The molecule has 0 saturated heterocycles. The summed E-state index contributed by atoms with van der Waals surface area (Å²) in [7, 11) is 0. The summed E-state index contributed by atoms with van der Waals surface area (Å²) in [4.78, 5) is 8.42. The van der Waals surface area contributed by atoms with Crippen LogP contribution in [-0.4, -0.2) is 9.97 Å². The zero-order valence-electron chi connectivity index (χ0n) is 10.1. The molecule has 0 atom stereocenters. The first-order valence-corrected chi connectivity index (χ1v) is 6.82. The maximum atomic E-state index is 5.97. The van der Waals surface area contributed by atoms with Crippen LogP contribution in [0.5, 0.6) is 11.6 Å². The second-order valence-electron chi connectivity index (χ2n) is 4.06. The number of benzene rings is 1. The smallest absolute Gasteiger partial charge is 0.240 e. The Labute approximate surface area is 118 Å². The number of fused-ring (bicyclic) bond motifs is 1. The van der Waals surface area contributed by atoms with Gasteiger partial charge in [-0.05, 0) is 30.0 Å². The predicted octanol–water partition coefficient (Wildman–Crippen LogP) is 4.03. The minimum atomic E-state index is 0.463. The molecule has 0 spiro atoms. The molecule has 4 nitrogen and oxygen atoms in total. The average Bonchev–Trinajstić information content (AvgIpc) is 2.77. The Kier molecular flexibility index (Phi) is 3.00. The van der Waals surface area contributed by atoms with Gasteiger partial charge in [0.15, 0.2) is 0 Å². The summed E-state index contributed by atoms with van der Waals surface area (Å²) in [5.74, 6) is 1.13. The van der Waals surface area contributed by atoms with Crippen molar-refractivity contribution < 1.29 is 4.74 Å². The number of halogens is 1. The number of thiophene rings is 1. The van der Waals surface area contributed by atoms with Gasteiger partial charge in [0.25, 0.3) is 0 Å². The van der Waals surface area contributed by atoms with Gasteiger partial charge in [0.1, 0.15) is 16.8 Å². The van der Waals surface area contributed by atoms with Gasteiger partial charge in [-0.3, -0.25) is 0 Å². The van der Waals surface area contributed by atoms with Crippen LogP contribution < -0.4 is 10.5 Å². The topological polar surface area (TPSA) is 61.0 Å². The van der Waals surface area contributed by atoms with Crippen LogP contribution in [-0.2, 0) is 0 Å². The predicted molar refractivity (Wildman–Crippen MR) is 78.1 cm³/mol. The van der Waals surface area contributed by atoms with Crippen LogP contribution in [0, 0.1) is 6.92 Å². The largest absolute Gasteiger partial charge is 0.437 e. The molecule has 1 aromatic carbocycles. The van der Waals surface area contributed by atoms with Gasteiger partial charge in [-0.25, -0.2) is 9.97 Å². The van der Waals surface area contributed by atoms with Gasteiger partial charge in [0.2, 0.25) is 5.88 Å². The van der Waals surface area contributed by atoms with E-state index in [0.29, 0.717) is 22.3 Å². The number of aromatic nitrogens is 2. The highest BCUT2D eigenvalue weighted by Gasteiger charge is 2.10. The average molecular weight is 292 g/mol. The molecule has 19 heavy (non-hydrogen) atoms. The highest BCUT2D eigenvalue weighted by atomic mass is 35.5. The van der Waals surface area contributed by atoms with Gasteiger partial charge in [0.05, 0.1) is 16.2 Å². The lowest BCUT2D eigenvalue weighted by atomic mass is 10.3. The summed E-state index contributed by atoms with van der Waals surface area (Å²) >= 11 is 7.53. The first-order valence-electron chi connectivity index (χ1n) is 5.57. The fraction of sp³-hybridized carbons (Fsp3) is 0.0769. The van der Waals surface area contributed by atoms with Crippen molar-refractivity contribution in [2.75, 3.05) is 5.73 Å². The third kappa shape index (κ3) is 2.22. The fourth-order valence-electron chi connectivity index (χ4n) is 1.70. The normalized spacial score (nSPS) is 10.8. The lowest BCUT2D eigenvalue weighted by Crippen LogP contribution is -1.91. The molecule has 2 N–H and O–H groups in total. The highest BCUT2D eigenvalue weighted by Crippen LogP contribution is 2.34. The maximum absolute atomic E-state index is 5.97. The second kappa shape index (κ2) is 4.68. The Bertz CT molecular complexity index is 757. The highest BCUT2D eigenvalue weighted by molar-refractivity contribution is 7.17. The summed E-state index contributed by atoms with van der Waals surface area (Å²) in [6, 6.07) is 5.14. The number of aryl methyl sites for hydroxylation is 1. The molecule has 0 unspecified atom stereocenters. The molecule has 0 aliphatic heterocycles. The Morgan fingerprint density at radius 2 is 2.16 bits per heavy atom. The number of rotatable bonds is 2. The standard InChI is InChI=1S/C13H10ClN3OS/c1-7-5-19-12-11(7)16-6-17-13(12)18-8-2-3-10(15)9(14)4-8/h2-6H,15H2,1H3. The number of nitrogens with two attached hydrogens (primary N) is 1. The molecular formula is C13H10ClN3OS. The fourth-order valence-corrected chi connectivity index (χ4v) is 2.80. The quantitative estimate of drug-likeness (QED) is 0.724. The van der Waals surface area contributed by atoms with Crippen molar-refractivity contribution in [2.24, 2.45) is 0 Å². The van der Waals surface area contributed by atoms with Crippen LogP contribution in [0.4, 0.5) is 5.69 Å². The Balaban J connectivity index is 2.03. The zero-order valence-corrected chi connectivity index (χ0v) is 11.6. The zero-order chi connectivity index (χ0) is 13.4. The number of hydrogen-bond donors (Lipinski definition) is 1. The molecule has 0 bridgehead atoms. The maximum Gasteiger partial charge on any atom is 0.240 e. The van der Waals surface area contributed by atoms with Crippen LogP contribution in [0.25, 0.3) is 10.2 Å². The van der Waals surface area contributed by atoms with Crippen LogP contribution in [0.2, 0.25) is 5.02 Å². The SMILES string of the molecule is Cc1csc2c(Oc3ccc(N)c(Cl)c3)ncnc12. The summed E-state index contributed by atoms with van der Waals surface area (Å²) in [6.45, 7) is 2.01. The van der Waals surface area contributed by atoms with Gasteiger partial charge in [-0.15, -0.1) is 11.3 Å². The van der Waals surface area contributed by atoms with E-state index in [9.17, 15) is 0 Å². The molecule has 0 radical (unpaired) electrons. The summed E-state index contributed by atoms with van der Waals surface area (Å²) in [6.07, 6.45) is 1.50. The van der Waals surface area contributed by atoms with E-state index in [0.717, 1.165) is 15.8 Å². The molecule has 2 aromatic heterocycles. The van der Waals surface area contributed by atoms with E-state index in [2.05, 4.69) is 9.97 Å². The molecule has 0 fully saturated rings. The van der Waals surface area contributed by atoms with Crippen molar-refractivity contribution >= 4 is 38.8 Å². The van der Waals surface area contributed by atoms with E-state index >= 15 is 0 Å². The molecule has 0 aliphatic rings. The minimum absolute atomic E-state index is 0.463. The van der Waals surface area contributed by atoms with E-state index in [4.69, 9.17) is 22.1 Å². The van der Waals surface area contributed by atoms with Gasteiger partial charge in [-0.1, -0.05) is 11.6 Å². The van der Waals surface area contributed by atoms with E-state index in [-0.39, 0.29) is 0 Å². The van der Waals surface area contributed by atoms with Crippen molar-refractivity contribution in [1.29, 1.82) is 0 Å². The molecule has 2 heterocycles. The van der Waals surface area contributed by atoms with Crippen molar-refractivity contribution in [3.63, 3.8) is 0 Å². The molecule has 96 valence electrons. The number of hydrogen-bond acceptors (Lipinski definition) is 5. The molecular weight excluding hydrogens is 282 g/mol. The second-order valence-corrected chi connectivity index (χ2v) is 5.35. The monoisotopic (exact) mass is 291 g/mol. The lowest BCUT2D eigenvalue weighted by molar-refractivity contribution is 0.469. The van der Waals surface area contributed by atoms with Crippen molar-refractivity contribution in [1.82, 2.24) is 9.97 Å². The van der Waals surface area contributed by atoms with Crippen LogP contribution in [0.1, 0.15) is 5.56 Å². The van der Waals surface area contributed by atoms with E-state index in [1.165, 1.54) is 6.33 Å². The lowest BCUT2D eigenvalue weighted by Gasteiger charge is -2.06. The molecule has 0 aliphatic carbocycles. The number of anilines is 1. The first kappa shape index (κ1) is 12.2. The van der Waals surface area contributed by atoms with Crippen molar-refractivity contribution in [2.45, 2.75) is 6.92 Å². The molecule has 0 saturated carbocycles. The first-order chi connectivity index (χ1) is 9.15. The van der Waals surface area contributed by atoms with Gasteiger partial charge < -0.3 is 10.5 Å². The van der Waals surface area contributed by atoms with Gasteiger partial charge in [-0.2, -0.15) is 0 Å². The molecule has 0 amide bonds. The van der Waals surface area contributed by atoms with Gasteiger partial charge >= 0.3 is 0 Å². The third-order valence-electron chi connectivity index (χ3n) is 2.68. The van der Waals surface area contributed by atoms with E-state index in [1.807, 2.05) is 12.3 Å². The summed E-state index contributed by atoms with van der Waals surface area (Å²) in [5, 5.41) is 2.49. The summed E-state index contributed by atoms with van der Waals surface area (Å²) in [5.41, 5.74) is 8.21. The Hall–Kier alpha value is -1.85. The number of nitrogen functional groups attached to an aromatic ring is 1. The minimum Gasteiger partial charge on any atom is -0.437 e. The molecule has 6 heteroatoms. The third-order valence-corrected chi connectivity index (χ3v) is 4.09. The van der Waals surface area contributed by atoms with E-state index < -0.39 is 0 Å².